The third kappa shape index (κ3) is 6.74. The van der Waals surface area contributed by atoms with Gasteiger partial charge in [0.05, 0.1) is 21.0 Å². The minimum absolute atomic E-state index is 0.0192. The lowest BCUT2D eigenvalue weighted by Gasteiger charge is -2.20. The Balaban J connectivity index is 1.88. The first-order valence-corrected chi connectivity index (χ1v) is 16.8. The average molecular weight is 621 g/mol. The van der Waals surface area contributed by atoms with Crippen molar-refractivity contribution in [1.82, 2.24) is 0 Å². The molecule has 0 aromatic heterocycles. The Morgan fingerprint density at radius 3 is 2.22 bits per heavy atom. The maximum atomic E-state index is 12.1. The van der Waals surface area contributed by atoms with E-state index in [0.29, 0.717) is 23.0 Å². The van der Waals surface area contributed by atoms with Gasteiger partial charge in [0.15, 0.2) is 5.71 Å². The predicted octanol–water partition coefficient (Wildman–Crippen LogP) is 3.83. The lowest BCUT2D eigenvalue weighted by Crippen LogP contribution is -2.28. The molecular weight excluding hydrogens is 593 g/mol. The topological polar surface area (TPSA) is 181 Å². The molecule has 0 aliphatic carbocycles. The summed E-state index contributed by atoms with van der Waals surface area (Å²) in [5.41, 5.74) is 1.61. The highest BCUT2D eigenvalue weighted by Gasteiger charge is 2.46. The summed E-state index contributed by atoms with van der Waals surface area (Å²) >= 11 is 0. The Morgan fingerprint density at radius 1 is 0.927 bits per heavy atom. The van der Waals surface area contributed by atoms with Crippen LogP contribution in [-0.2, 0) is 35.8 Å². The number of benzene rings is 3. The Morgan fingerprint density at radius 2 is 1.61 bits per heavy atom. The molecule has 41 heavy (non-hydrogen) atoms. The van der Waals surface area contributed by atoms with E-state index in [2.05, 4.69) is 5.32 Å². The van der Waals surface area contributed by atoms with Gasteiger partial charge in [0.25, 0.3) is 20.2 Å². The highest BCUT2D eigenvalue weighted by molar-refractivity contribution is 7.86. The van der Waals surface area contributed by atoms with E-state index in [9.17, 15) is 38.9 Å². The number of hydrogen-bond donors (Lipinski definition) is 3. The van der Waals surface area contributed by atoms with Gasteiger partial charge in [-0.3, -0.25) is 9.11 Å². The first kappa shape index (κ1) is 30.6. The van der Waals surface area contributed by atoms with Crippen LogP contribution in [0.25, 0.3) is 10.8 Å². The van der Waals surface area contributed by atoms with Crippen molar-refractivity contribution in [3.05, 3.63) is 84.6 Å². The normalized spacial score (nSPS) is 15.7. The van der Waals surface area contributed by atoms with Crippen molar-refractivity contribution in [3.8, 4) is 0 Å². The Labute approximate surface area is 238 Å². The van der Waals surface area contributed by atoms with Crippen LogP contribution in [0, 0.1) is 0 Å². The number of para-hydroxylation sites is 1. The smallest absolute Gasteiger partial charge is 0.294 e. The Kier molecular flexibility index (Phi) is 8.28. The van der Waals surface area contributed by atoms with Crippen molar-refractivity contribution in [2.45, 2.75) is 35.5 Å². The van der Waals surface area contributed by atoms with Gasteiger partial charge >= 0.3 is 0 Å². The molecule has 0 fully saturated rings. The van der Waals surface area contributed by atoms with Gasteiger partial charge in [-0.05, 0) is 55.6 Å². The molecule has 11 nitrogen and oxygen atoms in total. The van der Waals surface area contributed by atoms with Gasteiger partial charge in [-0.25, -0.2) is 8.42 Å². The quantitative estimate of drug-likeness (QED) is 0.171. The van der Waals surface area contributed by atoms with Crippen LogP contribution in [-0.4, -0.2) is 61.5 Å². The van der Waals surface area contributed by atoms with Gasteiger partial charge in [-0.15, -0.1) is 0 Å². The van der Waals surface area contributed by atoms with Crippen LogP contribution >= 0.6 is 0 Å². The van der Waals surface area contributed by atoms with Gasteiger partial charge in [-0.1, -0.05) is 24.3 Å². The van der Waals surface area contributed by atoms with Gasteiger partial charge in [0, 0.05) is 41.4 Å². The molecule has 0 bridgehead atoms. The number of rotatable bonds is 10. The van der Waals surface area contributed by atoms with Crippen LogP contribution in [0.4, 0.5) is 11.4 Å². The van der Waals surface area contributed by atoms with Crippen LogP contribution < -0.4 is 5.32 Å². The van der Waals surface area contributed by atoms with Crippen molar-refractivity contribution in [2.75, 3.05) is 17.6 Å². The average Bonchev–Trinajstić information content (AvgIpc) is 3.08. The van der Waals surface area contributed by atoms with E-state index in [-0.39, 0.29) is 23.7 Å². The maximum absolute atomic E-state index is 12.1. The van der Waals surface area contributed by atoms with Crippen molar-refractivity contribution >= 4 is 58.2 Å². The lowest BCUT2D eigenvalue weighted by atomic mass is 9.79. The third-order valence-electron chi connectivity index (χ3n) is 6.73. The summed E-state index contributed by atoms with van der Waals surface area (Å²) in [4.78, 5) is -1.54. The third-order valence-corrected chi connectivity index (χ3v) is 9.24. The standard InChI is InChI=1S/C27H28N2O9S3/c1-27(2)25(11-6-7-14-28-19-9-4-3-5-10-19)29(15-8-16-39(30,31)32)23-13-12-21-22(26(23)27)17-20(40(33,34)35)18-24(21)41(36,37)38/h3-7,9-14,17-18H,8,15-16H2,1-2H3,(H3,30,31,32,33,34,35,36,37,38). The number of allylic oxidation sites excluding steroid dienone is 3. The molecule has 4 rings (SSSR count). The maximum Gasteiger partial charge on any atom is 0.294 e. The second-order valence-electron chi connectivity index (χ2n) is 9.94. The zero-order chi connectivity index (χ0) is 30.2. The second-order valence-corrected chi connectivity index (χ2v) is 14.3. The van der Waals surface area contributed by atoms with Gasteiger partial charge in [-0.2, -0.15) is 21.4 Å². The van der Waals surface area contributed by atoms with Crippen LogP contribution in [0.5, 0.6) is 0 Å². The zero-order valence-corrected chi connectivity index (χ0v) is 24.5. The fraction of sp³-hybridized carbons (Fsp3) is 0.222. The van der Waals surface area contributed by atoms with Gasteiger partial charge in [0.1, 0.15) is 16.7 Å². The predicted molar refractivity (Wildman–Crippen MR) is 154 cm³/mol. The molecule has 218 valence electrons. The molecule has 0 radical (unpaired) electrons. The highest BCUT2D eigenvalue weighted by Crippen LogP contribution is 2.46. The van der Waals surface area contributed by atoms with E-state index in [4.69, 9.17) is 0 Å². The van der Waals surface area contributed by atoms with E-state index in [1.54, 1.807) is 35.1 Å². The van der Waals surface area contributed by atoms with Crippen molar-refractivity contribution in [2.24, 2.45) is 0 Å². The minimum atomic E-state index is -5.14. The molecule has 0 spiro atoms. The molecule has 1 aliphatic heterocycles. The second kappa shape index (κ2) is 11.1. The number of nitrogens with one attached hydrogen (secondary N) is 1. The molecule has 3 aromatic rings. The molecule has 0 saturated heterocycles. The monoisotopic (exact) mass is 620 g/mol. The molecule has 3 aromatic carbocycles. The number of fused-ring (bicyclic) bond motifs is 3. The Bertz CT molecular complexity index is 1930. The molecule has 0 amide bonds. The van der Waals surface area contributed by atoms with Gasteiger partial charge in [0.2, 0.25) is 5.69 Å². The molecule has 0 saturated carbocycles. The number of nitrogens with zero attached hydrogens (tertiary/aromatic N) is 1. The zero-order valence-electron chi connectivity index (χ0n) is 22.1. The summed E-state index contributed by atoms with van der Waals surface area (Å²) in [6.45, 7) is 3.76. The first-order valence-electron chi connectivity index (χ1n) is 12.3. The summed E-state index contributed by atoms with van der Waals surface area (Å²) in [7, 11) is -14.3. The molecule has 1 aliphatic rings. The van der Waals surface area contributed by atoms with E-state index >= 15 is 0 Å². The first-order chi connectivity index (χ1) is 19.0. The molecule has 1 heterocycles. The summed E-state index contributed by atoms with van der Waals surface area (Å²) < 4.78 is 104. The van der Waals surface area contributed by atoms with E-state index < -0.39 is 51.3 Å². The molecule has 0 atom stereocenters. The van der Waals surface area contributed by atoms with Crippen LogP contribution in [0.3, 0.4) is 0 Å². The van der Waals surface area contributed by atoms with Crippen molar-refractivity contribution in [1.29, 1.82) is 0 Å². The Hall–Kier alpha value is -3.40. The number of hydrogen-bond acceptors (Lipinski definition) is 8. The van der Waals surface area contributed by atoms with E-state index in [1.807, 2.05) is 44.2 Å². The van der Waals surface area contributed by atoms with Crippen LogP contribution in [0.15, 0.2) is 88.8 Å². The largest absolute Gasteiger partial charge is 0.744 e. The number of anilines is 1. The fourth-order valence-electron chi connectivity index (χ4n) is 5.02. The lowest BCUT2D eigenvalue weighted by molar-refractivity contribution is -0.437. The summed E-state index contributed by atoms with van der Waals surface area (Å²) in [6.07, 6.45) is 7.02. The van der Waals surface area contributed by atoms with Crippen LogP contribution in [0.1, 0.15) is 25.8 Å². The molecule has 0 unspecified atom stereocenters. The van der Waals surface area contributed by atoms with E-state index in [0.717, 1.165) is 11.8 Å². The summed E-state index contributed by atoms with van der Waals surface area (Å²) in [5.74, 6) is -0.504. The fourth-order valence-corrected chi connectivity index (χ4v) is 6.84. The summed E-state index contributed by atoms with van der Waals surface area (Å²) in [6, 6.07) is 14.1. The van der Waals surface area contributed by atoms with Crippen molar-refractivity contribution in [3.63, 3.8) is 0 Å². The molecular formula is C27H28N2O9S3. The van der Waals surface area contributed by atoms with Crippen LogP contribution in [0.2, 0.25) is 0 Å². The molecule has 3 N–H and O–H groups in total. The molecule has 14 heteroatoms. The van der Waals surface area contributed by atoms with Crippen molar-refractivity contribution < 1.29 is 43.5 Å². The van der Waals surface area contributed by atoms with E-state index in [1.165, 1.54) is 6.07 Å². The highest BCUT2D eigenvalue weighted by atomic mass is 32.2. The summed E-state index contributed by atoms with van der Waals surface area (Å²) in [5, 5.41) is 3.23. The minimum Gasteiger partial charge on any atom is -0.744 e. The SMILES string of the molecule is CC1(C)C(/C=C/C=C/Nc2ccccc2)=[N+](CCCS(=O)(=O)O)c2ccc3c(S(=O)(=O)[O-])cc(S(=O)(=O)O)cc3c21. The van der Waals surface area contributed by atoms with Gasteiger partial charge < -0.3 is 9.87 Å².